The molecule has 0 heterocycles. The molecule has 0 aliphatic rings. The average molecular weight is 468 g/mol. The van der Waals surface area contributed by atoms with E-state index in [4.69, 9.17) is 11.5 Å². The highest BCUT2D eigenvalue weighted by molar-refractivity contribution is 5.41. The van der Waals surface area contributed by atoms with E-state index in [1.807, 2.05) is 0 Å². The molecule has 0 saturated heterocycles. The van der Waals surface area contributed by atoms with Crippen LogP contribution in [0.5, 0.6) is 11.5 Å². The van der Waals surface area contributed by atoms with E-state index in [0.29, 0.717) is 5.56 Å². The molecular formula is C17H14F10N2O2. The number of hydrogen-bond acceptors (Lipinski definition) is 4. The van der Waals surface area contributed by atoms with Crippen molar-refractivity contribution < 1.29 is 53.4 Å². The second kappa shape index (κ2) is 9.49. The lowest BCUT2D eigenvalue weighted by Gasteiger charge is -2.20. The van der Waals surface area contributed by atoms with Gasteiger partial charge < -0.3 is 20.9 Å². The quantitative estimate of drug-likeness (QED) is 0.450. The molecule has 31 heavy (non-hydrogen) atoms. The summed E-state index contributed by atoms with van der Waals surface area (Å²) in [5, 5.41) is 0. The molecular weight excluding hydrogens is 454 g/mol. The normalized spacial score (nSPS) is 12.6. The van der Waals surface area contributed by atoms with Crippen molar-refractivity contribution in [3.63, 3.8) is 0 Å². The van der Waals surface area contributed by atoms with E-state index in [2.05, 4.69) is 9.47 Å². The fourth-order valence-electron chi connectivity index (χ4n) is 1.64. The van der Waals surface area contributed by atoms with E-state index in [-0.39, 0.29) is 12.2 Å². The fraction of sp³-hybridized carbons (Fsp3) is 0.294. The first-order valence-corrected chi connectivity index (χ1v) is 7.90. The molecule has 0 aromatic heterocycles. The van der Waals surface area contributed by atoms with Crippen LogP contribution in [-0.4, -0.2) is 24.6 Å². The van der Waals surface area contributed by atoms with Gasteiger partial charge in [0.05, 0.1) is 0 Å². The number of anilines is 1. The lowest BCUT2D eigenvalue weighted by molar-refractivity contribution is -0.360. The van der Waals surface area contributed by atoms with Crippen LogP contribution in [0.25, 0.3) is 0 Å². The molecule has 2 aromatic rings. The summed E-state index contributed by atoms with van der Waals surface area (Å²) in [7, 11) is 0. The second-order valence-corrected chi connectivity index (χ2v) is 5.65. The van der Waals surface area contributed by atoms with E-state index in [9.17, 15) is 43.9 Å². The average Bonchev–Trinajstić information content (AvgIpc) is 2.62. The number of benzene rings is 2. The first-order chi connectivity index (χ1) is 14.0. The Hall–Kier alpha value is -2.90. The minimum atomic E-state index is -5.74. The highest BCUT2D eigenvalue weighted by atomic mass is 19.4. The van der Waals surface area contributed by atoms with Crippen molar-refractivity contribution in [1.29, 1.82) is 0 Å². The number of halogens is 10. The molecule has 0 aliphatic carbocycles. The maximum absolute atomic E-state index is 12.4. The Morgan fingerprint density at radius 2 is 0.903 bits per heavy atom. The van der Waals surface area contributed by atoms with Crippen molar-refractivity contribution in [3.8, 4) is 11.5 Å². The molecule has 4 N–H and O–H groups in total. The van der Waals surface area contributed by atoms with Crippen molar-refractivity contribution in [3.05, 3.63) is 54.1 Å². The molecule has 2 aromatic carbocycles. The van der Waals surface area contributed by atoms with Crippen molar-refractivity contribution in [2.45, 2.75) is 31.1 Å². The van der Waals surface area contributed by atoms with Gasteiger partial charge in [-0.1, -0.05) is 12.1 Å². The Labute approximate surface area is 168 Å². The van der Waals surface area contributed by atoms with Crippen LogP contribution in [0.4, 0.5) is 49.6 Å². The Balaban J connectivity index is 0.000000311. The third-order valence-electron chi connectivity index (χ3n) is 3.19. The molecule has 0 atom stereocenters. The van der Waals surface area contributed by atoms with E-state index >= 15 is 0 Å². The number of rotatable bonds is 5. The first-order valence-electron chi connectivity index (χ1n) is 7.90. The molecule has 2 rings (SSSR count). The summed E-state index contributed by atoms with van der Waals surface area (Å²) in [6, 6.07) is 8.78. The second-order valence-electron chi connectivity index (χ2n) is 5.65. The van der Waals surface area contributed by atoms with Gasteiger partial charge in [-0.2, -0.15) is 43.9 Å². The van der Waals surface area contributed by atoms with Crippen molar-refractivity contribution in [2.75, 3.05) is 5.73 Å². The van der Waals surface area contributed by atoms with Gasteiger partial charge in [-0.25, -0.2) is 0 Å². The first kappa shape index (κ1) is 26.1. The van der Waals surface area contributed by atoms with Crippen LogP contribution in [0.2, 0.25) is 0 Å². The molecule has 0 radical (unpaired) electrons. The smallest absolute Gasteiger partial charge is 0.426 e. The van der Waals surface area contributed by atoms with Crippen LogP contribution < -0.4 is 20.9 Å². The minimum Gasteiger partial charge on any atom is -0.426 e. The Bertz CT molecular complexity index is 819. The molecule has 0 saturated carbocycles. The molecule has 0 aliphatic heterocycles. The Kier molecular flexibility index (Phi) is 8.00. The van der Waals surface area contributed by atoms with Gasteiger partial charge in [-0.15, -0.1) is 0 Å². The third kappa shape index (κ3) is 7.70. The Morgan fingerprint density at radius 3 is 1.19 bits per heavy atom. The summed E-state index contributed by atoms with van der Waals surface area (Å²) in [5.74, 6) is -1.17. The molecule has 0 bridgehead atoms. The van der Waals surface area contributed by atoms with Gasteiger partial charge in [-0.3, -0.25) is 0 Å². The number of hydrogen-bond donors (Lipinski definition) is 2. The predicted octanol–water partition coefficient (Wildman–Crippen LogP) is 5.48. The summed E-state index contributed by atoms with van der Waals surface area (Å²) >= 11 is 0. The van der Waals surface area contributed by atoms with Gasteiger partial charge in [-0.05, 0) is 42.0 Å². The van der Waals surface area contributed by atoms with Gasteiger partial charge in [0.2, 0.25) is 0 Å². The van der Waals surface area contributed by atoms with Crippen molar-refractivity contribution in [1.82, 2.24) is 0 Å². The third-order valence-corrected chi connectivity index (χ3v) is 3.19. The summed E-state index contributed by atoms with van der Waals surface area (Å²) in [5.41, 5.74) is 11.3. The van der Waals surface area contributed by atoms with Crippen LogP contribution in [0.1, 0.15) is 5.56 Å². The molecule has 0 amide bonds. The van der Waals surface area contributed by atoms with E-state index in [0.717, 1.165) is 36.4 Å². The standard InChI is InChI=1S/C9H8F5NO.C8H6F5NO/c10-8(11,12)9(13,14)16-7-3-1-6(5-15)2-4-7;9-7(10,11)8(12,13)15-6-3-1-5(14)2-4-6/h1-4H,5,15H2;1-4H,14H2. The molecule has 14 heteroatoms. The number of alkyl halides is 10. The van der Waals surface area contributed by atoms with Gasteiger partial charge in [0, 0.05) is 12.2 Å². The van der Waals surface area contributed by atoms with Crippen LogP contribution in [0, 0.1) is 0 Å². The summed E-state index contributed by atoms with van der Waals surface area (Å²) in [6.45, 7) is 0.163. The lowest BCUT2D eigenvalue weighted by atomic mass is 10.2. The topological polar surface area (TPSA) is 70.5 Å². The highest BCUT2D eigenvalue weighted by Crippen LogP contribution is 2.38. The molecule has 174 valence electrons. The molecule has 0 fully saturated rings. The largest absolute Gasteiger partial charge is 0.499 e. The van der Waals surface area contributed by atoms with E-state index in [1.54, 1.807) is 0 Å². The zero-order valence-electron chi connectivity index (χ0n) is 15.1. The minimum absolute atomic E-state index is 0.163. The fourth-order valence-corrected chi connectivity index (χ4v) is 1.64. The number of nitrogens with two attached hydrogens (primary N) is 2. The van der Waals surface area contributed by atoms with Gasteiger partial charge in [0.15, 0.2) is 0 Å². The zero-order valence-corrected chi connectivity index (χ0v) is 15.1. The van der Waals surface area contributed by atoms with Gasteiger partial charge >= 0.3 is 24.6 Å². The van der Waals surface area contributed by atoms with Crippen LogP contribution in [0.3, 0.4) is 0 Å². The molecule has 0 unspecified atom stereocenters. The highest BCUT2D eigenvalue weighted by Gasteiger charge is 2.61. The van der Waals surface area contributed by atoms with Crippen LogP contribution in [0.15, 0.2) is 48.5 Å². The summed E-state index contributed by atoms with van der Waals surface area (Å²) in [6.07, 6.45) is -21.9. The number of nitrogen functional groups attached to an aromatic ring is 1. The lowest BCUT2D eigenvalue weighted by Crippen LogP contribution is -2.41. The SMILES string of the molecule is NCc1ccc(OC(F)(F)C(F)(F)F)cc1.Nc1ccc(OC(F)(F)C(F)(F)F)cc1. The van der Waals surface area contributed by atoms with Crippen molar-refractivity contribution in [2.24, 2.45) is 5.73 Å². The summed E-state index contributed by atoms with van der Waals surface area (Å²) in [4.78, 5) is 0. The zero-order chi connectivity index (χ0) is 24.1. The van der Waals surface area contributed by atoms with Gasteiger partial charge in [0.25, 0.3) is 0 Å². The van der Waals surface area contributed by atoms with Crippen molar-refractivity contribution >= 4 is 5.69 Å². The Morgan fingerprint density at radius 1 is 0.581 bits per heavy atom. The van der Waals surface area contributed by atoms with Crippen LogP contribution in [-0.2, 0) is 6.54 Å². The maximum Gasteiger partial charge on any atom is 0.499 e. The molecule has 4 nitrogen and oxygen atoms in total. The monoisotopic (exact) mass is 468 g/mol. The van der Waals surface area contributed by atoms with E-state index < -0.39 is 36.1 Å². The van der Waals surface area contributed by atoms with E-state index in [1.165, 1.54) is 12.1 Å². The predicted molar refractivity (Wildman–Crippen MR) is 88.4 cm³/mol. The summed E-state index contributed by atoms with van der Waals surface area (Å²) < 4.78 is 127. The maximum atomic E-state index is 12.4. The number of ether oxygens (including phenoxy) is 2. The van der Waals surface area contributed by atoms with Crippen LogP contribution >= 0.6 is 0 Å². The van der Waals surface area contributed by atoms with Gasteiger partial charge in [0.1, 0.15) is 11.5 Å². The molecule has 0 spiro atoms.